The molecule has 0 amide bonds. The average molecular weight is 224 g/mol. The van der Waals surface area contributed by atoms with Gasteiger partial charge in [0.25, 0.3) is 0 Å². The first kappa shape index (κ1) is 12.6. The van der Waals surface area contributed by atoms with E-state index < -0.39 is 5.60 Å². The molecule has 1 aromatic carbocycles. The average Bonchev–Trinajstić information content (AvgIpc) is 2.14. The maximum absolute atomic E-state index is 9.67. The summed E-state index contributed by atoms with van der Waals surface area (Å²) < 4.78 is 0. The molecule has 0 aliphatic rings. The van der Waals surface area contributed by atoms with Gasteiger partial charge in [0.1, 0.15) is 0 Å². The van der Waals surface area contributed by atoms with Crippen LogP contribution in [0.1, 0.15) is 32.8 Å². The topological polar surface area (TPSA) is 20.2 Å². The molecule has 0 saturated heterocycles. The molecule has 15 heavy (non-hydrogen) atoms. The lowest BCUT2D eigenvalue weighted by Gasteiger charge is -2.21. The summed E-state index contributed by atoms with van der Waals surface area (Å²) >= 11 is 1.90. The van der Waals surface area contributed by atoms with Crippen LogP contribution in [0.4, 0.5) is 0 Å². The van der Waals surface area contributed by atoms with Crippen LogP contribution in [0.2, 0.25) is 0 Å². The lowest BCUT2D eigenvalue weighted by atomic mass is 10.0. The third-order valence-corrected chi connectivity index (χ3v) is 3.40. The van der Waals surface area contributed by atoms with Crippen molar-refractivity contribution >= 4 is 11.8 Å². The van der Waals surface area contributed by atoms with Crippen LogP contribution >= 0.6 is 11.8 Å². The van der Waals surface area contributed by atoms with Gasteiger partial charge in [0.05, 0.1) is 5.60 Å². The highest BCUT2D eigenvalue weighted by molar-refractivity contribution is 7.99. The van der Waals surface area contributed by atoms with Crippen molar-refractivity contribution < 1.29 is 5.11 Å². The van der Waals surface area contributed by atoms with E-state index in [2.05, 4.69) is 31.2 Å². The van der Waals surface area contributed by atoms with Crippen LogP contribution in [-0.4, -0.2) is 16.0 Å². The number of hydrogen-bond donors (Lipinski definition) is 1. The predicted molar refractivity (Wildman–Crippen MR) is 68.1 cm³/mol. The Morgan fingerprint density at radius 2 is 1.87 bits per heavy atom. The minimum absolute atomic E-state index is 0.491. The Bertz CT molecular complexity index is 276. The molecule has 0 heterocycles. The van der Waals surface area contributed by atoms with Crippen molar-refractivity contribution in [3.8, 4) is 0 Å². The molecule has 1 aromatic rings. The highest BCUT2D eigenvalue weighted by atomic mass is 32.2. The molecule has 0 bridgehead atoms. The van der Waals surface area contributed by atoms with Gasteiger partial charge in [-0.2, -0.15) is 11.8 Å². The first-order valence-electron chi connectivity index (χ1n) is 5.35. The van der Waals surface area contributed by atoms with Crippen molar-refractivity contribution in [2.24, 2.45) is 0 Å². The van der Waals surface area contributed by atoms with Crippen molar-refractivity contribution in [1.29, 1.82) is 0 Å². The van der Waals surface area contributed by atoms with E-state index in [1.807, 2.05) is 31.7 Å². The van der Waals surface area contributed by atoms with E-state index in [0.717, 1.165) is 12.2 Å². The van der Waals surface area contributed by atoms with Crippen LogP contribution in [0.3, 0.4) is 0 Å². The molecule has 0 spiro atoms. The Balaban J connectivity index is 2.32. The normalized spacial score (nSPS) is 13.9. The molecule has 1 unspecified atom stereocenters. The van der Waals surface area contributed by atoms with Crippen LogP contribution in [0, 0.1) is 0 Å². The van der Waals surface area contributed by atoms with Crippen LogP contribution in [-0.2, 0) is 5.75 Å². The zero-order chi connectivity index (χ0) is 11.3. The van der Waals surface area contributed by atoms with Gasteiger partial charge in [-0.3, -0.25) is 0 Å². The molecular formula is C13H20OS. The summed E-state index contributed by atoms with van der Waals surface area (Å²) in [7, 11) is 0. The monoisotopic (exact) mass is 224 g/mol. The van der Waals surface area contributed by atoms with Gasteiger partial charge in [-0.15, -0.1) is 0 Å². The Morgan fingerprint density at radius 3 is 2.40 bits per heavy atom. The maximum Gasteiger partial charge on any atom is 0.0602 e. The van der Waals surface area contributed by atoms with Gasteiger partial charge in [0.15, 0.2) is 0 Å². The summed E-state index contributed by atoms with van der Waals surface area (Å²) in [5, 5.41) is 10.2. The van der Waals surface area contributed by atoms with Crippen molar-refractivity contribution in [2.45, 2.75) is 43.8 Å². The second kappa shape index (κ2) is 5.57. The van der Waals surface area contributed by atoms with E-state index in [9.17, 15) is 5.11 Å². The smallest absolute Gasteiger partial charge is 0.0602 e. The summed E-state index contributed by atoms with van der Waals surface area (Å²) in [5.41, 5.74) is 0.799. The fourth-order valence-corrected chi connectivity index (χ4v) is 2.77. The third-order valence-electron chi connectivity index (χ3n) is 2.16. The number of hydrogen-bond acceptors (Lipinski definition) is 2. The summed E-state index contributed by atoms with van der Waals surface area (Å²) in [6, 6.07) is 10.5. The van der Waals surface area contributed by atoms with Crippen LogP contribution in [0.25, 0.3) is 0 Å². The fraction of sp³-hybridized carbons (Fsp3) is 0.538. The molecule has 0 fully saturated rings. The van der Waals surface area contributed by atoms with E-state index in [4.69, 9.17) is 0 Å². The maximum atomic E-state index is 9.67. The van der Waals surface area contributed by atoms with E-state index >= 15 is 0 Å². The summed E-state index contributed by atoms with van der Waals surface area (Å²) in [5.74, 6) is 1.03. The van der Waals surface area contributed by atoms with Crippen LogP contribution in [0.5, 0.6) is 0 Å². The number of aliphatic hydroxyl groups is 1. The Kier molecular flexibility index (Phi) is 4.68. The van der Waals surface area contributed by atoms with Gasteiger partial charge in [-0.25, -0.2) is 0 Å². The van der Waals surface area contributed by atoms with Crippen molar-refractivity contribution in [3.63, 3.8) is 0 Å². The molecule has 0 aromatic heterocycles. The molecular weight excluding hydrogens is 204 g/mol. The molecule has 0 radical (unpaired) electrons. The van der Waals surface area contributed by atoms with Crippen LogP contribution < -0.4 is 0 Å². The zero-order valence-electron chi connectivity index (χ0n) is 9.73. The van der Waals surface area contributed by atoms with E-state index in [0.29, 0.717) is 5.25 Å². The predicted octanol–water partition coefficient (Wildman–Crippen LogP) is 3.47. The van der Waals surface area contributed by atoms with Gasteiger partial charge in [0.2, 0.25) is 0 Å². The van der Waals surface area contributed by atoms with Gasteiger partial charge < -0.3 is 5.11 Å². The van der Waals surface area contributed by atoms with Gasteiger partial charge in [-0.1, -0.05) is 37.3 Å². The Hall–Kier alpha value is -0.470. The Morgan fingerprint density at radius 1 is 1.27 bits per heavy atom. The van der Waals surface area contributed by atoms with Gasteiger partial charge >= 0.3 is 0 Å². The first-order valence-corrected chi connectivity index (χ1v) is 6.40. The SMILES string of the molecule is CC(CC(C)(C)O)SCc1ccccc1. The quantitative estimate of drug-likeness (QED) is 0.826. The largest absolute Gasteiger partial charge is 0.390 e. The van der Waals surface area contributed by atoms with Gasteiger partial charge in [-0.05, 0) is 25.8 Å². The summed E-state index contributed by atoms with van der Waals surface area (Å²) in [6.45, 7) is 5.91. The molecule has 1 nitrogen and oxygen atoms in total. The molecule has 0 aliphatic carbocycles. The molecule has 1 atom stereocenters. The summed E-state index contributed by atoms with van der Waals surface area (Å²) in [6.07, 6.45) is 0.838. The molecule has 1 N–H and O–H groups in total. The number of rotatable bonds is 5. The van der Waals surface area contributed by atoms with Crippen molar-refractivity contribution in [2.75, 3.05) is 0 Å². The fourth-order valence-electron chi connectivity index (χ4n) is 1.58. The van der Waals surface area contributed by atoms with Crippen molar-refractivity contribution in [1.82, 2.24) is 0 Å². The molecule has 84 valence electrons. The third kappa shape index (κ3) is 5.85. The molecule has 2 heteroatoms. The standard InChI is InChI=1S/C13H20OS/c1-11(9-13(2,3)14)15-10-12-7-5-4-6-8-12/h4-8,11,14H,9-10H2,1-3H3. The number of benzene rings is 1. The minimum Gasteiger partial charge on any atom is -0.390 e. The molecule has 0 saturated carbocycles. The van der Waals surface area contributed by atoms with Gasteiger partial charge in [0, 0.05) is 11.0 Å². The highest BCUT2D eigenvalue weighted by Crippen LogP contribution is 2.24. The second-order valence-electron chi connectivity index (χ2n) is 4.62. The molecule has 1 rings (SSSR count). The molecule has 0 aliphatic heterocycles. The van der Waals surface area contributed by atoms with Crippen molar-refractivity contribution in [3.05, 3.63) is 35.9 Å². The summed E-state index contributed by atoms with van der Waals surface area (Å²) in [4.78, 5) is 0. The lowest BCUT2D eigenvalue weighted by molar-refractivity contribution is 0.0719. The Labute approximate surface area is 96.9 Å². The zero-order valence-corrected chi connectivity index (χ0v) is 10.6. The first-order chi connectivity index (χ1) is 6.97. The second-order valence-corrected chi connectivity index (χ2v) is 6.05. The lowest BCUT2D eigenvalue weighted by Crippen LogP contribution is -2.23. The van der Waals surface area contributed by atoms with Crippen LogP contribution in [0.15, 0.2) is 30.3 Å². The highest BCUT2D eigenvalue weighted by Gasteiger charge is 2.17. The van der Waals surface area contributed by atoms with E-state index in [1.165, 1.54) is 5.56 Å². The minimum atomic E-state index is -0.552. The van der Waals surface area contributed by atoms with E-state index in [1.54, 1.807) is 0 Å². The number of thioether (sulfide) groups is 1. The van der Waals surface area contributed by atoms with E-state index in [-0.39, 0.29) is 0 Å².